The van der Waals surface area contributed by atoms with Crippen molar-refractivity contribution >= 4 is 17.3 Å². The molecule has 0 aliphatic heterocycles. The van der Waals surface area contributed by atoms with Crippen molar-refractivity contribution in [3.63, 3.8) is 0 Å². The molecule has 0 aliphatic rings. The molecule has 7 nitrogen and oxygen atoms in total. The van der Waals surface area contributed by atoms with E-state index < -0.39 is 0 Å². The maximum absolute atomic E-state index is 12.0. The van der Waals surface area contributed by atoms with Gasteiger partial charge in [-0.1, -0.05) is 6.92 Å². The van der Waals surface area contributed by atoms with E-state index in [0.29, 0.717) is 30.3 Å². The normalized spacial score (nSPS) is 10.3. The number of aromatic nitrogens is 3. The van der Waals surface area contributed by atoms with Gasteiger partial charge in [0.2, 0.25) is 5.88 Å². The fourth-order valence-corrected chi connectivity index (χ4v) is 1.71. The summed E-state index contributed by atoms with van der Waals surface area (Å²) < 4.78 is 5.23. The lowest BCUT2D eigenvalue weighted by Crippen LogP contribution is -2.14. The number of carbonyl (C=O) groups excluding carboxylic acids is 1. The lowest BCUT2D eigenvalue weighted by Gasteiger charge is -2.05. The summed E-state index contributed by atoms with van der Waals surface area (Å²) in [5.74, 6) is 0.141. The van der Waals surface area contributed by atoms with Gasteiger partial charge in [-0.3, -0.25) is 9.89 Å². The molecule has 2 rings (SSSR count). The molecule has 2 heterocycles. The molecule has 20 heavy (non-hydrogen) atoms. The minimum Gasteiger partial charge on any atom is -0.478 e. The second-order valence-corrected chi connectivity index (χ2v) is 4.09. The maximum Gasteiger partial charge on any atom is 0.278 e. The third-order valence-electron chi connectivity index (χ3n) is 2.74. The first-order valence-electron chi connectivity index (χ1n) is 6.38. The molecule has 0 saturated carbocycles. The summed E-state index contributed by atoms with van der Waals surface area (Å²) >= 11 is 0. The Bertz CT molecular complexity index is 591. The van der Waals surface area contributed by atoms with Crippen molar-refractivity contribution in [3.05, 3.63) is 29.7 Å². The fourth-order valence-electron chi connectivity index (χ4n) is 1.71. The van der Waals surface area contributed by atoms with Crippen LogP contribution in [0.2, 0.25) is 0 Å². The predicted molar refractivity (Wildman–Crippen MR) is 75.7 cm³/mol. The standard InChI is InChI=1S/C13H17N5O2/c1-3-9-11(14)12(18-17-9)13(19)16-8-5-6-10(15-7-8)20-4-2/h5-7H,3-4,14H2,1-2H3,(H,16,19)(H,17,18). The van der Waals surface area contributed by atoms with E-state index in [9.17, 15) is 4.79 Å². The Balaban J connectivity index is 2.09. The van der Waals surface area contributed by atoms with Gasteiger partial charge in [0.25, 0.3) is 5.91 Å². The molecular formula is C13H17N5O2. The average Bonchev–Trinajstić information content (AvgIpc) is 2.82. The molecule has 0 aliphatic carbocycles. The number of aryl methyl sites for hydroxylation is 1. The van der Waals surface area contributed by atoms with Gasteiger partial charge in [0.1, 0.15) is 0 Å². The van der Waals surface area contributed by atoms with Crippen LogP contribution >= 0.6 is 0 Å². The van der Waals surface area contributed by atoms with Crippen LogP contribution in [0.3, 0.4) is 0 Å². The molecule has 0 bridgehead atoms. The van der Waals surface area contributed by atoms with Gasteiger partial charge >= 0.3 is 0 Å². The number of H-pyrrole nitrogens is 1. The van der Waals surface area contributed by atoms with Crippen LogP contribution in [0.4, 0.5) is 11.4 Å². The number of hydrogen-bond acceptors (Lipinski definition) is 5. The number of aromatic amines is 1. The van der Waals surface area contributed by atoms with E-state index in [0.717, 1.165) is 5.69 Å². The van der Waals surface area contributed by atoms with Crippen molar-refractivity contribution in [3.8, 4) is 5.88 Å². The van der Waals surface area contributed by atoms with Gasteiger partial charge in [-0.2, -0.15) is 5.10 Å². The topological polar surface area (TPSA) is 106 Å². The van der Waals surface area contributed by atoms with Gasteiger partial charge in [0, 0.05) is 6.07 Å². The first-order valence-corrected chi connectivity index (χ1v) is 6.38. The molecule has 0 radical (unpaired) electrons. The minimum absolute atomic E-state index is 0.190. The van der Waals surface area contributed by atoms with Gasteiger partial charge in [0.05, 0.1) is 29.9 Å². The summed E-state index contributed by atoms with van der Waals surface area (Å²) in [5, 5.41) is 9.35. The lowest BCUT2D eigenvalue weighted by molar-refractivity contribution is 0.102. The van der Waals surface area contributed by atoms with Gasteiger partial charge in [-0.05, 0) is 19.4 Å². The second-order valence-electron chi connectivity index (χ2n) is 4.09. The Kier molecular flexibility index (Phi) is 4.19. The van der Waals surface area contributed by atoms with Crippen LogP contribution in [0.1, 0.15) is 30.0 Å². The van der Waals surface area contributed by atoms with Crippen LogP contribution in [0.25, 0.3) is 0 Å². The largest absolute Gasteiger partial charge is 0.478 e. The highest BCUT2D eigenvalue weighted by Gasteiger charge is 2.16. The molecule has 1 amide bonds. The van der Waals surface area contributed by atoms with Crippen molar-refractivity contribution < 1.29 is 9.53 Å². The van der Waals surface area contributed by atoms with E-state index in [1.807, 2.05) is 13.8 Å². The predicted octanol–water partition coefficient (Wildman–Crippen LogP) is 1.60. The van der Waals surface area contributed by atoms with Crippen LogP contribution in [0, 0.1) is 0 Å². The number of pyridine rings is 1. The number of anilines is 2. The third-order valence-corrected chi connectivity index (χ3v) is 2.74. The molecule has 7 heteroatoms. The number of rotatable bonds is 5. The number of carbonyl (C=O) groups is 1. The summed E-state index contributed by atoms with van der Waals surface area (Å²) in [6, 6.07) is 3.39. The minimum atomic E-state index is -0.371. The molecule has 0 spiro atoms. The van der Waals surface area contributed by atoms with Crippen molar-refractivity contribution in [1.82, 2.24) is 15.2 Å². The van der Waals surface area contributed by atoms with E-state index >= 15 is 0 Å². The Hall–Kier alpha value is -2.57. The zero-order chi connectivity index (χ0) is 14.5. The quantitative estimate of drug-likeness (QED) is 0.768. The number of ether oxygens (including phenoxy) is 1. The van der Waals surface area contributed by atoms with Crippen molar-refractivity contribution in [2.75, 3.05) is 17.7 Å². The van der Waals surface area contributed by atoms with E-state index in [-0.39, 0.29) is 11.6 Å². The Morgan fingerprint density at radius 3 is 2.80 bits per heavy atom. The van der Waals surface area contributed by atoms with Gasteiger partial charge in [-0.25, -0.2) is 4.98 Å². The molecule has 0 unspecified atom stereocenters. The zero-order valence-electron chi connectivity index (χ0n) is 11.4. The number of hydrogen-bond donors (Lipinski definition) is 3. The van der Waals surface area contributed by atoms with Crippen LogP contribution in [0.15, 0.2) is 18.3 Å². The monoisotopic (exact) mass is 275 g/mol. The SMILES string of the molecule is CCOc1ccc(NC(=O)c2n[nH]c(CC)c2N)cn1. The van der Waals surface area contributed by atoms with Crippen molar-refractivity contribution in [2.45, 2.75) is 20.3 Å². The summed E-state index contributed by atoms with van der Waals surface area (Å²) in [6.45, 7) is 4.35. The van der Waals surface area contributed by atoms with E-state index in [1.165, 1.54) is 6.20 Å². The first kappa shape index (κ1) is 13.9. The van der Waals surface area contributed by atoms with E-state index in [2.05, 4.69) is 20.5 Å². The molecule has 2 aromatic heterocycles. The van der Waals surface area contributed by atoms with Gasteiger partial charge in [-0.15, -0.1) is 0 Å². The molecule has 2 aromatic rings. The molecular weight excluding hydrogens is 258 g/mol. The molecule has 0 aromatic carbocycles. The molecule has 0 atom stereocenters. The summed E-state index contributed by atoms with van der Waals surface area (Å²) in [7, 11) is 0. The third kappa shape index (κ3) is 2.87. The molecule has 0 saturated heterocycles. The van der Waals surface area contributed by atoms with Gasteiger partial charge in [0.15, 0.2) is 5.69 Å². The number of nitrogens with two attached hydrogens (primary N) is 1. The van der Waals surface area contributed by atoms with Crippen LogP contribution in [-0.2, 0) is 6.42 Å². The van der Waals surface area contributed by atoms with Crippen LogP contribution in [-0.4, -0.2) is 27.7 Å². The molecule has 4 N–H and O–H groups in total. The van der Waals surface area contributed by atoms with E-state index in [1.54, 1.807) is 12.1 Å². The van der Waals surface area contributed by atoms with Crippen molar-refractivity contribution in [2.24, 2.45) is 0 Å². The van der Waals surface area contributed by atoms with E-state index in [4.69, 9.17) is 10.5 Å². The smallest absolute Gasteiger partial charge is 0.278 e. The van der Waals surface area contributed by atoms with Gasteiger partial charge < -0.3 is 15.8 Å². The highest BCUT2D eigenvalue weighted by Crippen LogP contribution is 2.17. The first-order chi connectivity index (χ1) is 9.65. The second kappa shape index (κ2) is 6.05. The number of amides is 1. The summed E-state index contributed by atoms with van der Waals surface area (Å²) in [4.78, 5) is 16.1. The van der Waals surface area contributed by atoms with Crippen LogP contribution in [0.5, 0.6) is 5.88 Å². The number of nitrogens with one attached hydrogen (secondary N) is 2. The lowest BCUT2D eigenvalue weighted by atomic mass is 10.2. The summed E-state index contributed by atoms with van der Waals surface area (Å²) in [6.07, 6.45) is 2.21. The number of nitrogen functional groups attached to an aromatic ring is 1. The van der Waals surface area contributed by atoms with Crippen molar-refractivity contribution in [1.29, 1.82) is 0 Å². The Labute approximate surface area is 116 Å². The number of nitrogens with zero attached hydrogens (tertiary/aromatic N) is 2. The Morgan fingerprint density at radius 1 is 1.45 bits per heavy atom. The fraction of sp³-hybridized carbons (Fsp3) is 0.308. The zero-order valence-corrected chi connectivity index (χ0v) is 11.4. The highest BCUT2D eigenvalue weighted by atomic mass is 16.5. The maximum atomic E-state index is 12.0. The molecule has 0 fully saturated rings. The highest BCUT2D eigenvalue weighted by molar-refractivity contribution is 6.06. The average molecular weight is 275 g/mol. The van der Waals surface area contributed by atoms with Crippen LogP contribution < -0.4 is 15.8 Å². The Morgan fingerprint density at radius 2 is 2.25 bits per heavy atom. The molecule has 106 valence electrons. The summed E-state index contributed by atoms with van der Waals surface area (Å²) in [5.41, 5.74) is 7.72.